The van der Waals surface area contributed by atoms with E-state index in [1.54, 1.807) is 13.0 Å². The third-order valence-corrected chi connectivity index (χ3v) is 10.3. The van der Waals surface area contributed by atoms with Gasteiger partial charge >= 0.3 is 15.6 Å². The van der Waals surface area contributed by atoms with Gasteiger partial charge in [-0.2, -0.15) is 21.6 Å². The van der Waals surface area contributed by atoms with E-state index in [4.69, 9.17) is 4.18 Å². The van der Waals surface area contributed by atoms with Gasteiger partial charge in [-0.1, -0.05) is 55.8 Å². The van der Waals surface area contributed by atoms with Crippen molar-refractivity contribution in [3.05, 3.63) is 60.0 Å². The van der Waals surface area contributed by atoms with Gasteiger partial charge in [0.2, 0.25) is 0 Å². The van der Waals surface area contributed by atoms with E-state index >= 15 is 0 Å². The van der Waals surface area contributed by atoms with Crippen LogP contribution in [0.1, 0.15) is 79.5 Å². The lowest BCUT2D eigenvalue weighted by Gasteiger charge is -2.32. The minimum atomic E-state index is -5.82. The van der Waals surface area contributed by atoms with E-state index < -0.39 is 21.0 Å². The maximum absolute atomic E-state index is 13.2. The molecule has 9 heteroatoms. The highest BCUT2D eigenvalue weighted by Crippen LogP contribution is 2.66. The molecular weight excluding hydrogens is 597 g/mol. The third-order valence-electron chi connectivity index (χ3n) is 7.56. The van der Waals surface area contributed by atoms with Gasteiger partial charge in [0, 0.05) is 9.89 Å². The topological polar surface area (TPSA) is 43.4 Å². The molecule has 0 radical (unpaired) electrons. The summed E-state index contributed by atoms with van der Waals surface area (Å²) in [5, 5.41) is 0. The zero-order valence-electron chi connectivity index (χ0n) is 20.1. The van der Waals surface area contributed by atoms with Crippen LogP contribution in [0.5, 0.6) is 5.75 Å². The highest BCUT2D eigenvalue weighted by Gasteiger charge is 2.59. The molecule has 186 valence electrons. The van der Waals surface area contributed by atoms with Crippen molar-refractivity contribution >= 4 is 42.0 Å². The van der Waals surface area contributed by atoms with Crippen LogP contribution in [0.2, 0.25) is 0 Å². The lowest BCUT2D eigenvalue weighted by Crippen LogP contribution is -2.29. The van der Waals surface area contributed by atoms with Crippen LogP contribution >= 0.6 is 31.9 Å². The van der Waals surface area contributed by atoms with E-state index in [2.05, 4.69) is 72.5 Å². The molecule has 4 rings (SSSR count). The van der Waals surface area contributed by atoms with Crippen LogP contribution in [0, 0.1) is 20.8 Å². The summed E-state index contributed by atoms with van der Waals surface area (Å²) in [5.74, 6) is -0.306. The van der Waals surface area contributed by atoms with Gasteiger partial charge in [-0.15, -0.1) is 0 Å². The van der Waals surface area contributed by atoms with Crippen molar-refractivity contribution in [2.45, 2.75) is 83.1 Å². The number of hydrogen-bond acceptors (Lipinski definition) is 3. The minimum Gasteiger partial charge on any atom is -0.375 e. The molecule has 2 aromatic carbocycles. The number of rotatable bonds is 2. The van der Waals surface area contributed by atoms with Crippen LogP contribution in [0.15, 0.2) is 21.1 Å². The van der Waals surface area contributed by atoms with Crippen LogP contribution in [-0.4, -0.2) is 13.9 Å². The largest absolute Gasteiger partial charge is 0.534 e. The number of benzene rings is 2. The van der Waals surface area contributed by atoms with Crippen molar-refractivity contribution < 1.29 is 25.8 Å². The molecule has 0 heterocycles. The Morgan fingerprint density at radius 1 is 0.853 bits per heavy atom. The first-order valence-electron chi connectivity index (χ1n) is 10.9. The van der Waals surface area contributed by atoms with E-state index in [-0.39, 0.29) is 21.1 Å². The molecule has 2 aromatic rings. The predicted octanol–water partition coefficient (Wildman–Crippen LogP) is 8.01. The molecule has 0 N–H and O–H groups in total. The zero-order chi connectivity index (χ0) is 25.8. The normalized spacial score (nSPS) is 22.7. The summed E-state index contributed by atoms with van der Waals surface area (Å²) in [6.07, 6.45) is 1.47. The SMILES string of the molecule is Cc1cc2c(c(Br)c1C)C1(CC2(C)C)CC(C)(C)c2cc(C)c(OS(=O)(=O)C(F)(F)F)c(Br)c21. The predicted molar refractivity (Wildman–Crippen MR) is 134 cm³/mol. The second-order valence-corrected chi connectivity index (χ2v) is 14.1. The van der Waals surface area contributed by atoms with Crippen LogP contribution < -0.4 is 4.18 Å². The first-order chi connectivity index (χ1) is 15.3. The Bertz CT molecular complexity index is 1340. The molecule has 0 aromatic heterocycles. The number of alkyl halides is 3. The maximum atomic E-state index is 13.2. The molecule has 0 amide bonds. The monoisotopic (exact) mass is 622 g/mol. The molecule has 0 saturated heterocycles. The maximum Gasteiger partial charge on any atom is 0.534 e. The highest BCUT2D eigenvalue weighted by atomic mass is 79.9. The summed E-state index contributed by atoms with van der Waals surface area (Å²) in [6.45, 7) is 14.3. The molecule has 3 nitrogen and oxygen atoms in total. The second-order valence-electron chi connectivity index (χ2n) is 11.0. The average molecular weight is 624 g/mol. The van der Waals surface area contributed by atoms with Crippen LogP contribution in [0.3, 0.4) is 0 Å². The Morgan fingerprint density at radius 2 is 1.29 bits per heavy atom. The molecule has 1 spiro atoms. The summed E-state index contributed by atoms with van der Waals surface area (Å²) in [4.78, 5) is 0. The molecule has 1 atom stereocenters. The summed E-state index contributed by atoms with van der Waals surface area (Å²) >= 11 is 7.36. The third kappa shape index (κ3) is 3.51. The van der Waals surface area contributed by atoms with E-state index in [9.17, 15) is 21.6 Å². The van der Waals surface area contributed by atoms with Crippen molar-refractivity contribution in [1.29, 1.82) is 0 Å². The standard InChI is InChI=1S/C25H27Br2F3O3S/c1-12-8-15-17(19(26)14(12)3)24(10-22(15,4)5)11-23(6,7)16-9-13(2)21(20(27)18(16)24)33-34(31,32)25(28,29)30/h8-9H,10-11H2,1-7H3. The van der Waals surface area contributed by atoms with Gasteiger partial charge in [0.15, 0.2) is 5.75 Å². The molecule has 0 bridgehead atoms. The molecule has 2 aliphatic carbocycles. The van der Waals surface area contributed by atoms with Crippen molar-refractivity contribution in [3.8, 4) is 5.75 Å². The zero-order valence-corrected chi connectivity index (χ0v) is 24.1. The van der Waals surface area contributed by atoms with Gasteiger partial charge in [0.1, 0.15) is 0 Å². The van der Waals surface area contributed by atoms with Crippen LogP contribution in [0.4, 0.5) is 13.2 Å². The van der Waals surface area contributed by atoms with Crippen molar-refractivity contribution in [2.24, 2.45) is 0 Å². The van der Waals surface area contributed by atoms with Gasteiger partial charge in [-0.05, 0) is 99.3 Å². The van der Waals surface area contributed by atoms with Gasteiger partial charge < -0.3 is 4.18 Å². The molecule has 2 aliphatic rings. The fourth-order valence-electron chi connectivity index (χ4n) is 6.14. The second kappa shape index (κ2) is 7.48. The summed E-state index contributed by atoms with van der Waals surface area (Å²) < 4.78 is 69.4. The van der Waals surface area contributed by atoms with E-state index in [0.29, 0.717) is 5.56 Å². The fraction of sp³-hybridized carbons (Fsp3) is 0.520. The lowest BCUT2D eigenvalue weighted by atomic mass is 9.72. The molecule has 0 fully saturated rings. The van der Waals surface area contributed by atoms with E-state index in [1.165, 1.54) is 5.56 Å². The van der Waals surface area contributed by atoms with Gasteiger partial charge in [0.05, 0.1) is 4.47 Å². The molecule has 0 saturated carbocycles. The fourth-order valence-corrected chi connectivity index (χ4v) is 8.67. The number of aryl methyl sites for hydroxylation is 2. The van der Waals surface area contributed by atoms with Crippen LogP contribution in [0.25, 0.3) is 0 Å². The molecule has 34 heavy (non-hydrogen) atoms. The summed E-state index contributed by atoms with van der Waals surface area (Å²) in [7, 11) is -5.82. The Labute approximate surface area is 215 Å². The Kier molecular flexibility index (Phi) is 5.72. The van der Waals surface area contributed by atoms with Gasteiger partial charge in [0.25, 0.3) is 0 Å². The smallest absolute Gasteiger partial charge is 0.375 e. The highest BCUT2D eigenvalue weighted by molar-refractivity contribution is 9.11. The Hall–Kier alpha value is -1.06. The van der Waals surface area contributed by atoms with Crippen molar-refractivity contribution in [1.82, 2.24) is 0 Å². The Balaban J connectivity index is 2.08. The van der Waals surface area contributed by atoms with E-state index in [1.807, 2.05) is 6.92 Å². The van der Waals surface area contributed by atoms with Gasteiger partial charge in [-0.25, -0.2) is 0 Å². The molecule has 1 unspecified atom stereocenters. The quantitative estimate of drug-likeness (QED) is 0.251. The van der Waals surface area contributed by atoms with Crippen molar-refractivity contribution in [2.75, 3.05) is 0 Å². The Morgan fingerprint density at radius 3 is 1.76 bits per heavy atom. The summed E-state index contributed by atoms with van der Waals surface area (Å²) in [5.41, 5.74) is 0.199. The number of fused-ring (bicyclic) bond motifs is 4. The van der Waals surface area contributed by atoms with Crippen molar-refractivity contribution in [3.63, 3.8) is 0 Å². The number of hydrogen-bond donors (Lipinski definition) is 0. The first-order valence-corrected chi connectivity index (χ1v) is 13.9. The molecule has 0 aliphatic heterocycles. The van der Waals surface area contributed by atoms with E-state index in [0.717, 1.165) is 45.1 Å². The van der Waals surface area contributed by atoms with Gasteiger partial charge in [-0.3, -0.25) is 0 Å². The summed E-state index contributed by atoms with van der Waals surface area (Å²) in [6, 6.07) is 4.00. The average Bonchev–Trinajstić information content (AvgIpc) is 3.01. The first kappa shape index (κ1) is 26.0. The minimum absolute atomic E-state index is 0.197. The van der Waals surface area contributed by atoms with Crippen LogP contribution in [-0.2, 0) is 26.4 Å². The molecular formula is C25H27Br2F3O3S. The number of halogens is 5. The lowest BCUT2D eigenvalue weighted by molar-refractivity contribution is -0.0500.